The lowest BCUT2D eigenvalue weighted by atomic mass is 9.97. The predicted molar refractivity (Wildman–Crippen MR) is 55.4 cm³/mol. The van der Waals surface area contributed by atoms with Crippen LogP contribution < -0.4 is 5.32 Å². The minimum Gasteiger partial charge on any atom is -0.312 e. The van der Waals surface area contributed by atoms with Crippen molar-refractivity contribution in [3.63, 3.8) is 0 Å². The van der Waals surface area contributed by atoms with Crippen LogP contribution in [-0.2, 0) is 6.54 Å². The number of hydrogen-bond acceptors (Lipinski definition) is 2. The summed E-state index contributed by atoms with van der Waals surface area (Å²) in [4.78, 5) is 3.70. The highest BCUT2D eigenvalue weighted by molar-refractivity contribution is 5.11. The topological polar surface area (TPSA) is 24.9 Å². The fourth-order valence-corrected chi connectivity index (χ4v) is 1.12. The number of hydrogen-bond donors (Lipinski definition) is 1. The molecule has 0 radical (unpaired) electrons. The summed E-state index contributed by atoms with van der Waals surface area (Å²) in [6, 6.07) is 1.70. The predicted octanol–water partition coefficient (Wildman–Crippen LogP) is 2.36. The molecule has 0 unspecified atom stereocenters. The van der Waals surface area contributed by atoms with Crippen LogP contribution in [0.2, 0.25) is 0 Å². The van der Waals surface area contributed by atoms with Crippen LogP contribution in [-0.4, -0.2) is 11.5 Å². The van der Waals surface area contributed by atoms with E-state index in [-0.39, 0.29) is 11.2 Å². The molecule has 0 bridgehead atoms. The zero-order chi connectivity index (χ0) is 10.6. The van der Waals surface area contributed by atoms with Crippen molar-refractivity contribution in [3.05, 3.63) is 29.8 Å². The molecule has 1 rings (SSSR count). The SMILES string of the molecule is CC(C)(C)CNCc1ccncc1F. The fraction of sp³-hybridized carbons (Fsp3) is 0.545. The summed E-state index contributed by atoms with van der Waals surface area (Å²) < 4.78 is 13.1. The Morgan fingerprint density at radius 3 is 2.71 bits per heavy atom. The van der Waals surface area contributed by atoms with Crippen molar-refractivity contribution in [1.82, 2.24) is 10.3 Å². The number of aromatic nitrogens is 1. The molecule has 0 aliphatic heterocycles. The molecule has 0 aliphatic carbocycles. The third-order valence-electron chi connectivity index (χ3n) is 1.83. The van der Waals surface area contributed by atoms with E-state index in [9.17, 15) is 4.39 Å². The van der Waals surface area contributed by atoms with Crippen molar-refractivity contribution in [2.24, 2.45) is 5.41 Å². The average Bonchev–Trinajstić information content (AvgIpc) is 2.06. The van der Waals surface area contributed by atoms with Crippen LogP contribution in [0.25, 0.3) is 0 Å². The molecule has 0 saturated carbocycles. The van der Waals surface area contributed by atoms with E-state index in [4.69, 9.17) is 0 Å². The lowest BCUT2D eigenvalue weighted by molar-refractivity contribution is 0.377. The first-order valence-corrected chi connectivity index (χ1v) is 4.78. The normalized spacial score (nSPS) is 11.7. The molecule has 0 spiro atoms. The molecule has 14 heavy (non-hydrogen) atoms. The maximum atomic E-state index is 13.1. The molecule has 1 aromatic heterocycles. The van der Waals surface area contributed by atoms with E-state index in [0.717, 1.165) is 6.54 Å². The average molecular weight is 196 g/mol. The summed E-state index contributed by atoms with van der Waals surface area (Å²) >= 11 is 0. The van der Waals surface area contributed by atoms with Crippen LogP contribution in [0.5, 0.6) is 0 Å². The van der Waals surface area contributed by atoms with Crippen molar-refractivity contribution in [2.75, 3.05) is 6.54 Å². The van der Waals surface area contributed by atoms with Gasteiger partial charge in [-0.1, -0.05) is 20.8 Å². The summed E-state index contributed by atoms with van der Waals surface area (Å²) in [6.07, 6.45) is 2.85. The van der Waals surface area contributed by atoms with Gasteiger partial charge in [0.15, 0.2) is 0 Å². The highest BCUT2D eigenvalue weighted by atomic mass is 19.1. The Morgan fingerprint density at radius 2 is 2.14 bits per heavy atom. The molecule has 78 valence electrons. The van der Waals surface area contributed by atoms with Crippen molar-refractivity contribution < 1.29 is 4.39 Å². The number of halogens is 1. The second-order valence-electron chi connectivity index (χ2n) is 4.63. The molecule has 1 heterocycles. The van der Waals surface area contributed by atoms with Gasteiger partial charge in [0.05, 0.1) is 6.20 Å². The van der Waals surface area contributed by atoms with E-state index >= 15 is 0 Å². The van der Waals surface area contributed by atoms with Crippen molar-refractivity contribution >= 4 is 0 Å². The third-order valence-corrected chi connectivity index (χ3v) is 1.83. The van der Waals surface area contributed by atoms with Crippen LogP contribution in [0, 0.1) is 11.2 Å². The van der Waals surface area contributed by atoms with Crippen LogP contribution in [0.4, 0.5) is 4.39 Å². The molecule has 1 aromatic rings. The number of nitrogens with one attached hydrogen (secondary N) is 1. The first-order chi connectivity index (χ1) is 6.49. The van der Waals surface area contributed by atoms with Gasteiger partial charge in [-0.15, -0.1) is 0 Å². The summed E-state index contributed by atoms with van der Waals surface area (Å²) in [6.45, 7) is 7.86. The maximum absolute atomic E-state index is 13.1. The summed E-state index contributed by atoms with van der Waals surface area (Å²) in [5.41, 5.74) is 0.896. The lowest BCUT2D eigenvalue weighted by Crippen LogP contribution is -2.26. The number of pyridine rings is 1. The molecule has 0 aromatic carbocycles. The van der Waals surface area contributed by atoms with Crippen LogP contribution in [0.3, 0.4) is 0 Å². The Bertz CT molecular complexity index is 292. The van der Waals surface area contributed by atoms with Gasteiger partial charge in [-0.2, -0.15) is 0 Å². The fourth-order valence-electron chi connectivity index (χ4n) is 1.12. The zero-order valence-corrected chi connectivity index (χ0v) is 8.97. The third kappa shape index (κ3) is 3.83. The molecule has 0 amide bonds. The molecule has 1 N–H and O–H groups in total. The molecule has 0 saturated heterocycles. The first kappa shape index (κ1) is 11.1. The van der Waals surface area contributed by atoms with E-state index in [2.05, 4.69) is 31.1 Å². The minimum atomic E-state index is -0.242. The molecule has 0 fully saturated rings. The monoisotopic (exact) mass is 196 g/mol. The number of rotatable bonds is 3. The van der Waals surface area contributed by atoms with Gasteiger partial charge >= 0.3 is 0 Å². The smallest absolute Gasteiger partial charge is 0.145 e. The second-order valence-corrected chi connectivity index (χ2v) is 4.63. The molecular formula is C11H17FN2. The van der Waals surface area contributed by atoms with Gasteiger partial charge in [-0.05, 0) is 11.5 Å². The second kappa shape index (κ2) is 4.51. The summed E-state index contributed by atoms with van der Waals surface area (Å²) in [5, 5.41) is 3.21. The first-order valence-electron chi connectivity index (χ1n) is 4.78. The van der Waals surface area contributed by atoms with Gasteiger partial charge in [-0.25, -0.2) is 4.39 Å². The quantitative estimate of drug-likeness (QED) is 0.802. The molecule has 0 aliphatic rings. The van der Waals surface area contributed by atoms with E-state index < -0.39 is 0 Å². The Morgan fingerprint density at radius 1 is 1.43 bits per heavy atom. The largest absolute Gasteiger partial charge is 0.312 e. The Hall–Kier alpha value is -0.960. The van der Waals surface area contributed by atoms with Gasteiger partial charge in [0, 0.05) is 24.8 Å². The molecular weight excluding hydrogens is 179 g/mol. The summed E-state index contributed by atoms with van der Waals surface area (Å²) in [5.74, 6) is -0.242. The van der Waals surface area contributed by atoms with Crippen LogP contribution >= 0.6 is 0 Å². The van der Waals surface area contributed by atoms with E-state index in [1.165, 1.54) is 6.20 Å². The molecule has 2 nitrogen and oxygen atoms in total. The Labute approximate surface area is 84.6 Å². The Kier molecular flexibility index (Phi) is 3.58. The zero-order valence-electron chi connectivity index (χ0n) is 8.97. The highest BCUT2D eigenvalue weighted by Crippen LogP contribution is 2.11. The van der Waals surface area contributed by atoms with Crippen LogP contribution in [0.15, 0.2) is 18.5 Å². The van der Waals surface area contributed by atoms with Gasteiger partial charge in [-0.3, -0.25) is 4.98 Å². The van der Waals surface area contributed by atoms with Crippen molar-refractivity contribution in [3.8, 4) is 0 Å². The van der Waals surface area contributed by atoms with E-state index in [1.54, 1.807) is 12.3 Å². The van der Waals surface area contributed by atoms with E-state index in [0.29, 0.717) is 12.1 Å². The molecule has 0 atom stereocenters. The lowest BCUT2D eigenvalue weighted by Gasteiger charge is -2.18. The molecule has 3 heteroatoms. The minimum absolute atomic E-state index is 0.226. The maximum Gasteiger partial charge on any atom is 0.145 e. The highest BCUT2D eigenvalue weighted by Gasteiger charge is 2.09. The van der Waals surface area contributed by atoms with Crippen molar-refractivity contribution in [2.45, 2.75) is 27.3 Å². The Balaban J connectivity index is 2.43. The van der Waals surface area contributed by atoms with Gasteiger partial charge in [0.1, 0.15) is 5.82 Å². The van der Waals surface area contributed by atoms with Crippen molar-refractivity contribution in [1.29, 1.82) is 0 Å². The van der Waals surface area contributed by atoms with E-state index in [1.807, 2.05) is 0 Å². The van der Waals surface area contributed by atoms with Gasteiger partial charge in [0.2, 0.25) is 0 Å². The summed E-state index contributed by atoms with van der Waals surface area (Å²) in [7, 11) is 0. The number of nitrogens with zero attached hydrogens (tertiary/aromatic N) is 1. The van der Waals surface area contributed by atoms with Gasteiger partial charge < -0.3 is 5.32 Å². The van der Waals surface area contributed by atoms with Gasteiger partial charge in [0.25, 0.3) is 0 Å². The standard InChI is InChI=1S/C11H17FN2/c1-11(2,3)8-14-6-9-4-5-13-7-10(9)12/h4-5,7,14H,6,8H2,1-3H3. The van der Waals surface area contributed by atoms with Crippen LogP contribution in [0.1, 0.15) is 26.3 Å².